The Morgan fingerprint density at radius 2 is 2.03 bits per heavy atom. The molecule has 1 aromatic heterocycles. The van der Waals surface area contributed by atoms with Crippen LogP contribution in [0.5, 0.6) is 0 Å². The molecule has 6 nitrogen and oxygen atoms in total. The quantitative estimate of drug-likeness (QED) is 0.417. The van der Waals surface area contributed by atoms with Gasteiger partial charge < -0.3 is 14.7 Å². The van der Waals surface area contributed by atoms with Gasteiger partial charge in [-0.15, -0.1) is 11.3 Å². The molecule has 2 aliphatic heterocycles. The molecule has 0 spiro atoms. The Hall–Kier alpha value is -2.68. The molecule has 31 heavy (non-hydrogen) atoms. The lowest BCUT2D eigenvalue weighted by atomic mass is 9.93. The van der Waals surface area contributed by atoms with Crippen molar-refractivity contribution in [2.75, 3.05) is 38.1 Å². The summed E-state index contributed by atoms with van der Waals surface area (Å²) in [5.41, 5.74) is 1.76. The number of hydrogen-bond donors (Lipinski definition) is 0. The topological polar surface area (TPSA) is 52.0 Å². The van der Waals surface area contributed by atoms with Gasteiger partial charge in [0.1, 0.15) is 19.5 Å². The van der Waals surface area contributed by atoms with Crippen LogP contribution < -0.4 is 10.4 Å². The van der Waals surface area contributed by atoms with Gasteiger partial charge in [-0.3, -0.25) is 9.79 Å². The number of thiazole rings is 1. The van der Waals surface area contributed by atoms with Crippen LogP contribution in [0.2, 0.25) is 0 Å². The van der Waals surface area contributed by atoms with Crippen LogP contribution in [0, 0.1) is 5.82 Å². The number of amides is 1. The molecule has 0 aliphatic carbocycles. The van der Waals surface area contributed by atoms with E-state index < -0.39 is 0 Å². The molecule has 0 radical (unpaired) electrons. The van der Waals surface area contributed by atoms with Crippen LogP contribution in [0.15, 0.2) is 40.8 Å². The molecule has 162 valence electrons. The Morgan fingerprint density at radius 3 is 2.71 bits per heavy atom. The number of aromatic nitrogens is 1. The van der Waals surface area contributed by atoms with E-state index in [0.717, 1.165) is 35.4 Å². The van der Waals surface area contributed by atoms with Crippen LogP contribution in [0.4, 0.5) is 10.2 Å². The molecule has 1 amide bonds. The van der Waals surface area contributed by atoms with Crippen LogP contribution in [0.3, 0.4) is 0 Å². The molecule has 3 heterocycles. The van der Waals surface area contributed by atoms with Gasteiger partial charge in [0.15, 0.2) is 10.8 Å². The number of rotatable bonds is 3. The van der Waals surface area contributed by atoms with Gasteiger partial charge >= 0.3 is 0 Å². The van der Waals surface area contributed by atoms with Gasteiger partial charge in [0.05, 0.1) is 6.04 Å². The minimum Gasteiger partial charge on any atom is -0.356 e. The largest absolute Gasteiger partial charge is 0.356 e. The molecule has 0 saturated carbocycles. The number of aliphatic imine (C=N–C) groups is 1. The second-order valence-electron chi connectivity index (χ2n) is 8.03. The van der Waals surface area contributed by atoms with Crippen molar-refractivity contribution in [2.24, 2.45) is 4.99 Å². The Balaban J connectivity index is 1.51. The van der Waals surface area contributed by atoms with E-state index in [1.807, 2.05) is 6.92 Å². The van der Waals surface area contributed by atoms with Crippen molar-refractivity contribution in [1.82, 2.24) is 14.8 Å². The first-order valence-electron chi connectivity index (χ1n) is 10.6. The smallest absolute Gasteiger partial charge is 0.254 e. The van der Waals surface area contributed by atoms with Crippen molar-refractivity contribution in [3.8, 4) is 0 Å². The van der Waals surface area contributed by atoms with E-state index in [2.05, 4.69) is 26.8 Å². The molecule has 1 aromatic carbocycles. The molecular formula is C22H27BFN5OS. The first-order valence-corrected chi connectivity index (χ1v) is 11.5. The lowest BCUT2D eigenvalue weighted by molar-refractivity contribution is 0.0649. The third-order valence-electron chi connectivity index (χ3n) is 6.11. The maximum absolute atomic E-state index is 13.6. The van der Waals surface area contributed by atoms with Gasteiger partial charge in [-0.25, -0.2) is 9.37 Å². The zero-order valence-corrected chi connectivity index (χ0v) is 19.1. The molecule has 1 atom stereocenters. The van der Waals surface area contributed by atoms with Crippen molar-refractivity contribution >= 4 is 42.2 Å². The van der Waals surface area contributed by atoms with Gasteiger partial charge in [0, 0.05) is 49.9 Å². The maximum Gasteiger partial charge on any atom is 0.254 e. The molecule has 0 bridgehead atoms. The Morgan fingerprint density at radius 1 is 1.29 bits per heavy atom. The summed E-state index contributed by atoms with van der Waals surface area (Å²) in [5, 5.41) is 2.96. The monoisotopic (exact) mass is 439 g/mol. The lowest BCUT2D eigenvalue weighted by Crippen LogP contribution is -2.53. The third-order valence-corrected chi connectivity index (χ3v) is 6.93. The zero-order valence-electron chi connectivity index (χ0n) is 18.3. The summed E-state index contributed by atoms with van der Waals surface area (Å²) in [6.07, 6.45) is 2.42. The van der Waals surface area contributed by atoms with Crippen molar-refractivity contribution in [3.63, 3.8) is 0 Å². The summed E-state index contributed by atoms with van der Waals surface area (Å²) >= 11 is 1.59. The van der Waals surface area contributed by atoms with Gasteiger partial charge in [-0.2, -0.15) is 0 Å². The average molecular weight is 439 g/mol. The van der Waals surface area contributed by atoms with E-state index >= 15 is 0 Å². The molecule has 2 saturated heterocycles. The van der Waals surface area contributed by atoms with Crippen molar-refractivity contribution in [3.05, 3.63) is 52.2 Å². The predicted octanol–water partition coefficient (Wildman–Crippen LogP) is 1.88. The number of piperazine rings is 1. The minimum atomic E-state index is -0.306. The minimum absolute atomic E-state index is 0.114. The van der Waals surface area contributed by atoms with Crippen LogP contribution in [-0.2, 0) is 0 Å². The third kappa shape index (κ3) is 4.11. The fourth-order valence-corrected chi connectivity index (χ4v) is 5.08. The van der Waals surface area contributed by atoms with Gasteiger partial charge in [-0.05, 0) is 31.9 Å². The summed E-state index contributed by atoms with van der Waals surface area (Å²) < 4.78 is 13.6. The van der Waals surface area contributed by atoms with E-state index in [9.17, 15) is 9.18 Å². The molecule has 0 unspecified atom stereocenters. The summed E-state index contributed by atoms with van der Waals surface area (Å²) in [7, 11) is 3.43. The molecule has 4 rings (SSSR count). The Labute approximate surface area is 187 Å². The first kappa shape index (κ1) is 21.6. The lowest BCUT2D eigenvalue weighted by Gasteiger charge is -2.42. The fraction of sp³-hybridized carbons (Fsp3) is 0.409. The maximum atomic E-state index is 13.6. The first-order chi connectivity index (χ1) is 14.9. The molecule has 2 fully saturated rings. The number of hydrogen-bond acceptors (Lipinski definition) is 5. The summed E-state index contributed by atoms with van der Waals surface area (Å²) in [6.45, 7) is 9.45. The predicted molar refractivity (Wildman–Crippen MR) is 127 cm³/mol. The number of carbonyl (C=O) groups excluding carboxylic acids is 1. The second-order valence-corrected chi connectivity index (χ2v) is 8.89. The number of amidine groups is 1. The molecule has 9 heteroatoms. The fourth-order valence-electron chi connectivity index (χ4n) is 4.20. The normalized spacial score (nSPS) is 20.0. The highest BCUT2D eigenvalue weighted by molar-refractivity contribution is 7.12. The van der Waals surface area contributed by atoms with Gasteiger partial charge in [0.25, 0.3) is 5.91 Å². The van der Waals surface area contributed by atoms with Gasteiger partial charge in [0.2, 0.25) is 0 Å². The number of halogens is 1. The number of nitrogens with zero attached hydrogens (tertiary/aromatic N) is 5. The van der Waals surface area contributed by atoms with E-state index in [4.69, 9.17) is 4.98 Å². The number of carbonyl (C=O) groups is 1. The second kappa shape index (κ2) is 8.82. The number of anilines is 1. The van der Waals surface area contributed by atoms with Crippen LogP contribution in [-0.4, -0.2) is 73.6 Å². The van der Waals surface area contributed by atoms with Gasteiger partial charge in [-0.1, -0.05) is 18.1 Å². The average Bonchev–Trinajstić information content (AvgIpc) is 3.45. The van der Waals surface area contributed by atoms with Crippen molar-refractivity contribution in [2.45, 2.75) is 25.8 Å². The van der Waals surface area contributed by atoms with E-state index in [-0.39, 0.29) is 17.8 Å². The molecule has 2 aromatic rings. The van der Waals surface area contributed by atoms with Crippen LogP contribution >= 0.6 is 11.3 Å². The van der Waals surface area contributed by atoms with Crippen LogP contribution in [0.25, 0.3) is 0 Å². The summed E-state index contributed by atoms with van der Waals surface area (Å²) in [6, 6.07) is 4.29. The Bertz CT molecular complexity index is 1030. The summed E-state index contributed by atoms with van der Waals surface area (Å²) in [4.78, 5) is 28.6. The van der Waals surface area contributed by atoms with Crippen molar-refractivity contribution in [1.29, 1.82) is 0 Å². The van der Waals surface area contributed by atoms with E-state index in [1.54, 1.807) is 43.3 Å². The summed E-state index contributed by atoms with van der Waals surface area (Å²) in [5.74, 6) is 1.38. The molecular weight excluding hydrogens is 412 g/mol. The zero-order chi connectivity index (χ0) is 22.1. The highest BCUT2D eigenvalue weighted by atomic mass is 32.1. The van der Waals surface area contributed by atoms with E-state index in [1.165, 1.54) is 18.9 Å². The van der Waals surface area contributed by atoms with Crippen LogP contribution in [0.1, 0.15) is 35.1 Å². The SMILES string of the molecule is Bc1cc(C(=O)N2CCN(/C(=N\C)c3nc(N4CCCC4)cs3)C(=C)[C@H]2C)ccc1F. The van der Waals surface area contributed by atoms with E-state index in [0.29, 0.717) is 24.1 Å². The highest BCUT2D eigenvalue weighted by Gasteiger charge is 2.34. The standard InChI is InChI=1S/C22H27BFN5OS/c1-14-15(2)29(22(30)16-6-7-18(24)17(23)12-16)11-10-28(14)20(25-3)21-26-19(13-31-21)27-8-4-5-9-27/h6-7,12-13,15H,1,4-5,8-11,23H2,2-3H3/b25-20-/t15-/m1/s1. The highest BCUT2D eigenvalue weighted by Crippen LogP contribution is 2.27. The molecule has 0 N–H and O–H groups in total. The molecule has 2 aliphatic rings. The number of benzene rings is 1. The van der Waals surface area contributed by atoms with Crippen molar-refractivity contribution < 1.29 is 9.18 Å². The Kier molecular flexibility index (Phi) is 6.13.